The summed E-state index contributed by atoms with van der Waals surface area (Å²) in [6.07, 6.45) is 17.2. The second kappa shape index (κ2) is 11.3. The van der Waals surface area contributed by atoms with Crippen LogP contribution in [-0.2, 0) is 30.7 Å². The van der Waals surface area contributed by atoms with Crippen LogP contribution in [-0.4, -0.2) is 13.2 Å². The molecule has 0 bridgehead atoms. The zero-order valence-electron chi connectivity index (χ0n) is 11.1. The molecule has 2 rings (SSSR count). The molecule has 0 N–H and O–H groups in total. The zero-order chi connectivity index (χ0) is 13.3. The minimum atomic E-state index is -3.02. The Morgan fingerprint density at radius 2 is 1.21 bits per heavy atom. The van der Waals surface area contributed by atoms with E-state index in [4.69, 9.17) is 9.05 Å². The topological polar surface area (TPSA) is 35.5 Å². The van der Waals surface area contributed by atoms with Crippen molar-refractivity contribution in [1.29, 1.82) is 0 Å². The van der Waals surface area contributed by atoms with Gasteiger partial charge in [0.2, 0.25) is 0 Å². The number of rotatable bonds is 5. The van der Waals surface area contributed by atoms with E-state index < -0.39 is 7.60 Å². The van der Waals surface area contributed by atoms with Crippen LogP contribution >= 0.6 is 7.60 Å². The van der Waals surface area contributed by atoms with E-state index in [1.807, 2.05) is 44.9 Å². The first-order chi connectivity index (χ1) is 8.73. The first-order valence-corrected chi connectivity index (χ1v) is 7.55. The summed E-state index contributed by atoms with van der Waals surface area (Å²) in [4.78, 5) is 0. The Hall–Kier alpha value is 0.669. The van der Waals surface area contributed by atoms with Crippen molar-refractivity contribution < 1.29 is 30.7 Å². The standard InChI is InChI=1S/C9H14O3P.C5H5.Fe/c1-3-11-13(10,12-4-2)9-7-5-6-8-9;1-2-4-5-3-1;/h5-8H,3-4H2,1-2H3;1-5H;/q;;+2. The maximum atomic E-state index is 12.0. The molecule has 0 spiro atoms. The fraction of sp³-hybridized carbons (Fsp3) is 0.286. The molecule has 0 unspecified atom stereocenters. The molecule has 3 nitrogen and oxygen atoms in total. The first kappa shape index (κ1) is 19.7. The third kappa shape index (κ3) is 7.29. The summed E-state index contributed by atoms with van der Waals surface area (Å²) in [5, 5.41) is 0. The van der Waals surface area contributed by atoms with Crippen molar-refractivity contribution in [1.82, 2.24) is 0 Å². The summed E-state index contributed by atoms with van der Waals surface area (Å²) in [6.45, 7) is 4.38. The Kier molecular flexibility index (Phi) is 11.7. The summed E-state index contributed by atoms with van der Waals surface area (Å²) < 4.78 is 22.3. The van der Waals surface area contributed by atoms with E-state index in [1.165, 1.54) is 0 Å². The van der Waals surface area contributed by atoms with Crippen LogP contribution in [0, 0.1) is 63.4 Å². The van der Waals surface area contributed by atoms with Crippen LogP contribution < -0.4 is 0 Å². The second-order valence-corrected chi connectivity index (χ2v) is 5.47. The van der Waals surface area contributed by atoms with E-state index in [0.717, 1.165) is 0 Å². The maximum Gasteiger partial charge on any atom is 2.00 e. The van der Waals surface area contributed by atoms with Gasteiger partial charge in [0, 0.05) is 0 Å². The molecule has 0 aromatic carbocycles. The van der Waals surface area contributed by atoms with Gasteiger partial charge in [0.05, 0.1) is 18.9 Å². The van der Waals surface area contributed by atoms with Crippen LogP contribution in [0.2, 0.25) is 0 Å². The number of hydrogen-bond acceptors (Lipinski definition) is 3. The molecule has 2 aliphatic carbocycles. The maximum absolute atomic E-state index is 12.0. The van der Waals surface area contributed by atoms with Gasteiger partial charge in [-0.25, -0.2) is 0 Å². The molecule has 2 aliphatic rings. The van der Waals surface area contributed by atoms with Crippen molar-refractivity contribution in [2.45, 2.75) is 13.8 Å². The molecule has 0 saturated heterocycles. The fourth-order valence-electron chi connectivity index (χ4n) is 1.39. The summed E-state index contributed by atoms with van der Waals surface area (Å²) in [7, 11) is -3.02. The number of hydrogen-bond donors (Lipinski definition) is 0. The van der Waals surface area contributed by atoms with Crippen molar-refractivity contribution in [3.05, 3.63) is 63.4 Å². The molecule has 0 aromatic rings. The van der Waals surface area contributed by atoms with E-state index in [1.54, 1.807) is 26.7 Å². The molecule has 0 atom stereocenters. The van der Waals surface area contributed by atoms with Crippen LogP contribution in [0.5, 0.6) is 0 Å². The van der Waals surface area contributed by atoms with Gasteiger partial charge < -0.3 is 9.05 Å². The van der Waals surface area contributed by atoms with Crippen molar-refractivity contribution in [2.75, 3.05) is 13.2 Å². The SMILES string of the molecule is CCOP(=O)(OCC)[C]1[CH][CH][CH][CH]1.[CH]1[CH][CH][CH][CH]1.[Fe+2]. The Morgan fingerprint density at radius 1 is 0.842 bits per heavy atom. The molecule has 104 valence electrons. The van der Waals surface area contributed by atoms with E-state index in [2.05, 4.69) is 0 Å². The summed E-state index contributed by atoms with van der Waals surface area (Å²) >= 11 is 0. The first-order valence-electron chi connectivity index (χ1n) is 6.01. The van der Waals surface area contributed by atoms with Crippen LogP contribution in [0.3, 0.4) is 0 Å². The van der Waals surface area contributed by atoms with Crippen LogP contribution in [0.15, 0.2) is 0 Å². The summed E-state index contributed by atoms with van der Waals surface area (Å²) in [5.74, 6) is 0. The van der Waals surface area contributed by atoms with Crippen molar-refractivity contribution in [3.8, 4) is 0 Å². The van der Waals surface area contributed by atoms with Crippen molar-refractivity contribution in [2.24, 2.45) is 0 Å². The molecular formula is C14H19FeO3P+2. The smallest absolute Gasteiger partial charge is 0.308 e. The van der Waals surface area contributed by atoms with Gasteiger partial charge in [0.25, 0.3) is 0 Å². The van der Waals surface area contributed by atoms with E-state index in [9.17, 15) is 4.57 Å². The van der Waals surface area contributed by atoms with Gasteiger partial charge in [0.15, 0.2) is 0 Å². The van der Waals surface area contributed by atoms with Crippen LogP contribution in [0.1, 0.15) is 13.8 Å². The summed E-state index contributed by atoms with van der Waals surface area (Å²) in [5.41, 5.74) is 0.635. The van der Waals surface area contributed by atoms with Crippen molar-refractivity contribution >= 4 is 7.60 Å². The predicted octanol–water partition coefficient (Wildman–Crippen LogP) is 3.63. The van der Waals surface area contributed by atoms with E-state index >= 15 is 0 Å². The Bertz CT molecular complexity index is 233. The zero-order valence-corrected chi connectivity index (χ0v) is 13.1. The predicted molar refractivity (Wildman–Crippen MR) is 72.8 cm³/mol. The van der Waals surface area contributed by atoms with Gasteiger partial charge in [-0.1, -0.05) is 0 Å². The third-order valence-corrected chi connectivity index (χ3v) is 4.24. The molecule has 5 heteroatoms. The minimum absolute atomic E-state index is 0. The molecule has 10 radical (unpaired) electrons. The Morgan fingerprint density at radius 3 is 1.53 bits per heavy atom. The average Bonchev–Trinajstić information content (AvgIpc) is 3.07. The molecule has 2 saturated carbocycles. The minimum Gasteiger partial charge on any atom is -0.308 e. The van der Waals surface area contributed by atoms with Gasteiger partial charge in [-0.05, 0) is 71.6 Å². The molecule has 0 aromatic heterocycles. The quantitative estimate of drug-likeness (QED) is 0.573. The monoisotopic (exact) mass is 322 g/mol. The Labute approximate surface area is 129 Å². The van der Waals surface area contributed by atoms with Crippen LogP contribution in [0.4, 0.5) is 0 Å². The van der Waals surface area contributed by atoms with Crippen LogP contribution in [0.25, 0.3) is 0 Å². The van der Waals surface area contributed by atoms with E-state index in [-0.39, 0.29) is 17.1 Å². The molecule has 0 amide bonds. The van der Waals surface area contributed by atoms with E-state index in [0.29, 0.717) is 18.9 Å². The van der Waals surface area contributed by atoms with Gasteiger partial charge >= 0.3 is 24.7 Å². The van der Waals surface area contributed by atoms with Gasteiger partial charge in [-0.2, -0.15) is 0 Å². The summed E-state index contributed by atoms with van der Waals surface area (Å²) in [6, 6.07) is 0. The van der Waals surface area contributed by atoms with Gasteiger partial charge in [0.1, 0.15) is 0 Å². The molecule has 0 aliphatic heterocycles. The van der Waals surface area contributed by atoms with Gasteiger partial charge in [-0.15, -0.1) is 0 Å². The average molecular weight is 322 g/mol. The molecule has 19 heavy (non-hydrogen) atoms. The largest absolute Gasteiger partial charge is 2.00 e. The molecular weight excluding hydrogens is 303 g/mol. The molecule has 2 fully saturated rings. The molecule has 0 heterocycles. The fourth-order valence-corrected chi connectivity index (χ4v) is 2.98. The van der Waals surface area contributed by atoms with Gasteiger partial charge in [-0.3, -0.25) is 4.57 Å². The second-order valence-electron chi connectivity index (χ2n) is 3.44. The normalized spacial score (nSPS) is 19.7. The Balaban J connectivity index is 0.000000454. The van der Waals surface area contributed by atoms with Crippen molar-refractivity contribution in [3.63, 3.8) is 0 Å². The third-order valence-electron chi connectivity index (χ3n) is 2.11.